The molecule has 86 valence electrons. The van der Waals surface area contributed by atoms with Gasteiger partial charge in [-0.1, -0.05) is 6.42 Å². The van der Waals surface area contributed by atoms with Crippen molar-refractivity contribution >= 4 is 11.6 Å². The second-order valence-corrected chi connectivity index (χ2v) is 4.61. The SMILES string of the molecule is CC1(C(=O)Nc2ccncc2)CCCC1N. The molecule has 16 heavy (non-hydrogen) atoms. The van der Waals surface area contributed by atoms with Crippen molar-refractivity contribution in [3.8, 4) is 0 Å². The van der Waals surface area contributed by atoms with Crippen LogP contribution < -0.4 is 11.1 Å². The molecule has 2 atom stereocenters. The first kappa shape index (κ1) is 11.1. The Morgan fingerprint density at radius 1 is 1.56 bits per heavy atom. The van der Waals surface area contributed by atoms with Crippen LogP contribution in [0, 0.1) is 5.41 Å². The van der Waals surface area contributed by atoms with E-state index in [4.69, 9.17) is 5.73 Å². The summed E-state index contributed by atoms with van der Waals surface area (Å²) in [5.41, 5.74) is 6.35. The quantitative estimate of drug-likeness (QED) is 0.792. The first-order valence-electron chi connectivity index (χ1n) is 5.60. The lowest BCUT2D eigenvalue weighted by Gasteiger charge is -2.27. The Kier molecular flexibility index (Phi) is 2.92. The van der Waals surface area contributed by atoms with Gasteiger partial charge in [-0.05, 0) is 31.9 Å². The molecule has 2 rings (SSSR count). The lowest BCUT2D eigenvalue weighted by Crippen LogP contribution is -2.44. The number of anilines is 1. The Balaban J connectivity index is 2.09. The van der Waals surface area contributed by atoms with Gasteiger partial charge in [0.2, 0.25) is 5.91 Å². The first-order valence-corrected chi connectivity index (χ1v) is 5.60. The van der Waals surface area contributed by atoms with Gasteiger partial charge >= 0.3 is 0 Å². The van der Waals surface area contributed by atoms with Crippen molar-refractivity contribution in [3.63, 3.8) is 0 Å². The van der Waals surface area contributed by atoms with E-state index in [1.807, 2.05) is 6.92 Å². The van der Waals surface area contributed by atoms with E-state index in [-0.39, 0.29) is 11.9 Å². The molecule has 1 saturated carbocycles. The molecule has 4 heteroatoms. The van der Waals surface area contributed by atoms with Crippen molar-refractivity contribution in [1.82, 2.24) is 4.98 Å². The molecule has 0 aliphatic heterocycles. The van der Waals surface area contributed by atoms with Crippen LogP contribution in [-0.4, -0.2) is 16.9 Å². The predicted octanol–water partition coefficient (Wildman–Crippen LogP) is 1.54. The number of rotatable bonds is 2. The average Bonchev–Trinajstić information content (AvgIpc) is 2.62. The molecular formula is C12H17N3O. The van der Waals surface area contributed by atoms with Crippen LogP contribution >= 0.6 is 0 Å². The number of carbonyl (C=O) groups is 1. The molecule has 2 unspecified atom stereocenters. The molecule has 1 aromatic rings. The molecule has 0 aromatic carbocycles. The highest BCUT2D eigenvalue weighted by molar-refractivity contribution is 5.95. The van der Waals surface area contributed by atoms with Crippen LogP contribution in [0.2, 0.25) is 0 Å². The second-order valence-electron chi connectivity index (χ2n) is 4.61. The summed E-state index contributed by atoms with van der Waals surface area (Å²) in [7, 11) is 0. The summed E-state index contributed by atoms with van der Waals surface area (Å²) in [6.07, 6.45) is 6.14. The van der Waals surface area contributed by atoms with E-state index in [9.17, 15) is 4.79 Å². The van der Waals surface area contributed by atoms with Crippen molar-refractivity contribution < 1.29 is 4.79 Å². The molecule has 1 aliphatic carbocycles. The van der Waals surface area contributed by atoms with Gasteiger partial charge in [-0.15, -0.1) is 0 Å². The van der Waals surface area contributed by atoms with Crippen LogP contribution in [0.4, 0.5) is 5.69 Å². The van der Waals surface area contributed by atoms with Gasteiger partial charge in [0.25, 0.3) is 0 Å². The highest BCUT2D eigenvalue weighted by Crippen LogP contribution is 2.37. The number of aromatic nitrogens is 1. The lowest BCUT2D eigenvalue weighted by molar-refractivity contribution is -0.125. The zero-order chi connectivity index (χ0) is 11.6. The summed E-state index contributed by atoms with van der Waals surface area (Å²) in [6.45, 7) is 1.95. The number of nitrogens with two attached hydrogens (primary N) is 1. The minimum Gasteiger partial charge on any atom is -0.327 e. The average molecular weight is 219 g/mol. The number of amides is 1. The van der Waals surface area contributed by atoms with Crippen LogP contribution in [0.5, 0.6) is 0 Å². The Morgan fingerprint density at radius 3 is 2.81 bits per heavy atom. The zero-order valence-corrected chi connectivity index (χ0v) is 9.44. The fourth-order valence-electron chi connectivity index (χ4n) is 2.18. The van der Waals surface area contributed by atoms with E-state index in [1.165, 1.54) is 0 Å². The van der Waals surface area contributed by atoms with Crippen LogP contribution in [0.25, 0.3) is 0 Å². The Labute approximate surface area is 95.3 Å². The first-order chi connectivity index (χ1) is 7.63. The van der Waals surface area contributed by atoms with Crippen molar-refractivity contribution in [3.05, 3.63) is 24.5 Å². The maximum atomic E-state index is 12.1. The Morgan fingerprint density at radius 2 is 2.25 bits per heavy atom. The largest absolute Gasteiger partial charge is 0.327 e. The van der Waals surface area contributed by atoms with E-state index in [1.54, 1.807) is 24.5 Å². The highest BCUT2D eigenvalue weighted by Gasteiger charge is 2.42. The number of hydrogen-bond donors (Lipinski definition) is 2. The monoisotopic (exact) mass is 219 g/mol. The smallest absolute Gasteiger partial charge is 0.231 e. The normalized spacial score (nSPS) is 29.0. The van der Waals surface area contributed by atoms with Crippen LogP contribution in [0.3, 0.4) is 0 Å². The third-order valence-electron chi connectivity index (χ3n) is 3.49. The molecule has 3 N–H and O–H groups in total. The van der Waals surface area contributed by atoms with Gasteiger partial charge in [-0.2, -0.15) is 0 Å². The molecule has 0 spiro atoms. The van der Waals surface area contributed by atoms with Gasteiger partial charge in [0.1, 0.15) is 0 Å². The molecule has 0 radical (unpaired) electrons. The predicted molar refractivity (Wildman–Crippen MR) is 62.8 cm³/mol. The highest BCUT2D eigenvalue weighted by atomic mass is 16.2. The van der Waals surface area contributed by atoms with E-state index in [2.05, 4.69) is 10.3 Å². The lowest BCUT2D eigenvalue weighted by atomic mass is 9.84. The number of hydrogen-bond acceptors (Lipinski definition) is 3. The van der Waals surface area contributed by atoms with Gasteiger partial charge in [-0.3, -0.25) is 9.78 Å². The molecule has 0 bridgehead atoms. The van der Waals surface area contributed by atoms with Crippen molar-refractivity contribution in [2.24, 2.45) is 11.1 Å². The second kappa shape index (κ2) is 4.22. The van der Waals surface area contributed by atoms with Gasteiger partial charge < -0.3 is 11.1 Å². The third kappa shape index (κ3) is 1.93. The number of nitrogens with one attached hydrogen (secondary N) is 1. The maximum Gasteiger partial charge on any atom is 0.231 e. The Hall–Kier alpha value is -1.42. The topological polar surface area (TPSA) is 68.0 Å². The Bertz CT molecular complexity index is 379. The summed E-state index contributed by atoms with van der Waals surface area (Å²) < 4.78 is 0. The zero-order valence-electron chi connectivity index (χ0n) is 9.44. The van der Waals surface area contributed by atoms with Crippen LogP contribution in [-0.2, 0) is 4.79 Å². The van der Waals surface area contributed by atoms with Crippen molar-refractivity contribution in [2.45, 2.75) is 32.2 Å². The molecule has 1 aromatic heterocycles. The molecule has 1 aliphatic rings. The van der Waals surface area contributed by atoms with Crippen molar-refractivity contribution in [2.75, 3.05) is 5.32 Å². The molecule has 1 fully saturated rings. The summed E-state index contributed by atoms with van der Waals surface area (Å²) in [5.74, 6) is 0.0173. The van der Waals surface area contributed by atoms with E-state index in [0.29, 0.717) is 0 Å². The van der Waals surface area contributed by atoms with Crippen LogP contribution in [0.15, 0.2) is 24.5 Å². The fourth-order valence-corrected chi connectivity index (χ4v) is 2.18. The molecule has 4 nitrogen and oxygen atoms in total. The van der Waals surface area contributed by atoms with Crippen LogP contribution in [0.1, 0.15) is 26.2 Å². The van der Waals surface area contributed by atoms with Gasteiger partial charge in [0, 0.05) is 24.1 Å². The van der Waals surface area contributed by atoms with Gasteiger partial charge in [-0.25, -0.2) is 0 Å². The summed E-state index contributed by atoms with van der Waals surface area (Å²) in [5, 5.41) is 2.90. The maximum absolute atomic E-state index is 12.1. The van der Waals surface area contributed by atoms with Gasteiger partial charge in [0.05, 0.1) is 5.41 Å². The molecular weight excluding hydrogens is 202 g/mol. The summed E-state index contributed by atoms with van der Waals surface area (Å²) >= 11 is 0. The standard InChI is InChI=1S/C12H17N3O/c1-12(6-2-3-10(12)13)11(16)15-9-4-7-14-8-5-9/h4-5,7-8,10H,2-3,6,13H2,1H3,(H,14,15,16). The number of pyridine rings is 1. The molecule has 0 saturated heterocycles. The third-order valence-corrected chi connectivity index (χ3v) is 3.49. The fraction of sp³-hybridized carbons (Fsp3) is 0.500. The summed E-state index contributed by atoms with van der Waals surface area (Å²) in [6, 6.07) is 3.53. The number of nitrogens with zero attached hydrogens (tertiary/aromatic N) is 1. The molecule has 1 heterocycles. The van der Waals surface area contributed by atoms with Gasteiger partial charge in [0.15, 0.2) is 0 Å². The number of carbonyl (C=O) groups excluding carboxylic acids is 1. The summed E-state index contributed by atoms with van der Waals surface area (Å²) in [4.78, 5) is 16.0. The minimum atomic E-state index is -0.427. The van der Waals surface area contributed by atoms with E-state index in [0.717, 1.165) is 24.9 Å². The minimum absolute atomic E-state index is 0.0173. The molecule has 1 amide bonds. The van der Waals surface area contributed by atoms with Crippen molar-refractivity contribution in [1.29, 1.82) is 0 Å². The van der Waals surface area contributed by atoms with E-state index < -0.39 is 5.41 Å². The van der Waals surface area contributed by atoms with E-state index >= 15 is 0 Å².